The van der Waals surface area contributed by atoms with Gasteiger partial charge in [-0.05, 0) is 54.8 Å². The molecule has 11 atom stereocenters. The Labute approximate surface area is 358 Å². The van der Waals surface area contributed by atoms with Crippen LogP contribution in [0.15, 0.2) is 102 Å². The maximum Gasteiger partial charge on any atom is 0.338 e. The molecule has 3 aromatic rings. The van der Waals surface area contributed by atoms with Crippen molar-refractivity contribution in [3.63, 3.8) is 0 Å². The standard InChI is InChI=1S/C47H51NO14/c1-25-31(60-43(56)36(52)35(28-16-10-7-11-17-28)48-41(54)29-18-12-8-13-19-29)23-47(57)40(61-42(55)30-20-14-9-15-21-30)38-45(6,32(51)22-33-46(38,24-58-33)62-27(3)50)39(53)37(59-26(2)49)34(25)44(47,4)5/h7-21,31-33,35-38,40,51-52,57H,22-24H2,1-6H3,(H,48,54)/t31-,32-,33?,35+,36-,37+,38-,40-,45+,46-,47+/m1/s1. The normalized spacial score (nSPS) is 31.9. The van der Waals surface area contributed by atoms with Gasteiger partial charge in [0, 0.05) is 37.7 Å². The lowest BCUT2D eigenvalue weighted by Gasteiger charge is -2.67. The van der Waals surface area contributed by atoms with E-state index in [0.29, 0.717) is 5.56 Å². The van der Waals surface area contributed by atoms with E-state index in [9.17, 15) is 39.3 Å². The van der Waals surface area contributed by atoms with Crippen molar-refractivity contribution < 1.29 is 67.8 Å². The molecule has 4 aliphatic rings. The molecule has 4 N–H and O–H groups in total. The number of carbonyl (C=O) groups is 6. The zero-order valence-electron chi connectivity index (χ0n) is 35.2. The van der Waals surface area contributed by atoms with E-state index >= 15 is 4.79 Å². The van der Waals surface area contributed by atoms with Gasteiger partial charge in [-0.2, -0.15) is 0 Å². The minimum absolute atomic E-state index is 0.00289. The highest BCUT2D eigenvalue weighted by molar-refractivity contribution is 5.96. The zero-order chi connectivity index (χ0) is 44.9. The lowest BCUT2D eigenvalue weighted by atomic mass is 9.44. The van der Waals surface area contributed by atoms with E-state index in [1.54, 1.807) is 92.7 Å². The smallest absolute Gasteiger partial charge is 0.338 e. The zero-order valence-corrected chi connectivity index (χ0v) is 35.2. The molecule has 3 aromatic carbocycles. The first-order chi connectivity index (χ1) is 29.3. The van der Waals surface area contributed by atoms with E-state index in [2.05, 4.69) is 5.32 Å². The molecule has 0 spiro atoms. The van der Waals surface area contributed by atoms with Gasteiger partial charge in [0.15, 0.2) is 23.6 Å². The number of aliphatic hydroxyl groups excluding tert-OH is 2. The number of hydrogen-bond acceptors (Lipinski definition) is 14. The van der Waals surface area contributed by atoms with E-state index < -0.39 is 113 Å². The van der Waals surface area contributed by atoms with Crippen molar-refractivity contribution in [3.05, 3.63) is 119 Å². The lowest BCUT2D eigenvalue weighted by Crippen LogP contribution is -2.82. The number of carbonyl (C=O) groups excluding carboxylic acids is 6. The average molecular weight is 854 g/mol. The molecule has 0 radical (unpaired) electrons. The fraction of sp³-hybridized carbons (Fsp3) is 0.447. The summed E-state index contributed by atoms with van der Waals surface area (Å²) in [4.78, 5) is 83.5. The van der Waals surface area contributed by atoms with Gasteiger partial charge >= 0.3 is 23.9 Å². The second-order valence-corrected chi connectivity index (χ2v) is 17.4. The van der Waals surface area contributed by atoms with E-state index in [-0.39, 0.29) is 35.3 Å². The topological polar surface area (TPSA) is 221 Å². The molecule has 15 nitrogen and oxygen atoms in total. The van der Waals surface area contributed by atoms with Crippen LogP contribution in [-0.2, 0) is 42.9 Å². The molecule has 1 saturated heterocycles. The quantitative estimate of drug-likeness (QED) is 0.130. The van der Waals surface area contributed by atoms with Crippen molar-refractivity contribution in [1.29, 1.82) is 0 Å². The van der Waals surface area contributed by atoms with Crippen LogP contribution in [-0.4, -0.2) is 105 Å². The number of hydrogen-bond donors (Lipinski definition) is 4. The van der Waals surface area contributed by atoms with Crippen LogP contribution in [0.4, 0.5) is 0 Å². The van der Waals surface area contributed by atoms with Crippen molar-refractivity contribution in [2.45, 2.75) is 108 Å². The Hall–Kier alpha value is -5.74. The minimum Gasteiger partial charge on any atom is -0.456 e. The Bertz CT molecular complexity index is 2280. The molecule has 15 heteroatoms. The second kappa shape index (κ2) is 16.5. The molecule has 1 amide bonds. The number of aliphatic hydroxyl groups is 3. The molecule has 3 aliphatic carbocycles. The number of rotatable bonds is 10. The molecule has 7 rings (SSSR count). The summed E-state index contributed by atoms with van der Waals surface area (Å²) in [6.07, 6.45) is -10.5. The number of fused-ring (bicyclic) bond motifs is 5. The van der Waals surface area contributed by atoms with Crippen molar-refractivity contribution in [3.8, 4) is 0 Å². The average Bonchev–Trinajstić information content (AvgIpc) is 3.24. The number of ether oxygens (including phenoxy) is 5. The third-order valence-corrected chi connectivity index (χ3v) is 13.5. The Morgan fingerprint density at radius 3 is 1.95 bits per heavy atom. The Balaban J connectivity index is 1.39. The van der Waals surface area contributed by atoms with Gasteiger partial charge in [-0.15, -0.1) is 0 Å². The van der Waals surface area contributed by atoms with E-state index in [0.717, 1.165) is 13.8 Å². The monoisotopic (exact) mass is 853 g/mol. The summed E-state index contributed by atoms with van der Waals surface area (Å²) in [6, 6.07) is 22.9. The van der Waals surface area contributed by atoms with Crippen LogP contribution in [0.25, 0.3) is 0 Å². The number of benzene rings is 3. The first-order valence-corrected chi connectivity index (χ1v) is 20.5. The fourth-order valence-corrected chi connectivity index (χ4v) is 10.2. The predicted molar refractivity (Wildman–Crippen MR) is 218 cm³/mol. The molecule has 328 valence electrons. The van der Waals surface area contributed by atoms with Gasteiger partial charge in [0.25, 0.3) is 5.91 Å². The number of ketones is 1. The van der Waals surface area contributed by atoms with Gasteiger partial charge in [-0.3, -0.25) is 19.2 Å². The van der Waals surface area contributed by atoms with Gasteiger partial charge < -0.3 is 44.3 Å². The first-order valence-electron chi connectivity index (χ1n) is 20.5. The molecule has 1 unspecified atom stereocenters. The number of esters is 4. The highest BCUT2D eigenvalue weighted by atomic mass is 16.6. The van der Waals surface area contributed by atoms with Gasteiger partial charge in [-0.25, -0.2) is 9.59 Å². The maximum absolute atomic E-state index is 15.5. The summed E-state index contributed by atoms with van der Waals surface area (Å²) < 4.78 is 30.3. The summed E-state index contributed by atoms with van der Waals surface area (Å²) in [5.74, 6) is -6.84. The van der Waals surface area contributed by atoms with Crippen LogP contribution in [0.1, 0.15) is 86.7 Å². The highest BCUT2D eigenvalue weighted by Gasteiger charge is 2.78. The molecule has 2 bridgehead atoms. The van der Waals surface area contributed by atoms with Crippen molar-refractivity contribution in [1.82, 2.24) is 5.32 Å². The van der Waals surface area contributed by atoms with Crippen molar-refractivity contribution >= 4 is 35.6 Å². The summed E-state index contributed by atoms with van der Waals surface area (Å²) in [7, 11) is 0. The number of nitrogens with one attached hydrogen (secondary N) is 1. The van der Waals surface area contributed by atoms with Gasteiger partial charge in [0.2, 0.25) is 0 Å². The van der Waals surface area contributed by atoms with Crippen molar-refractivity contribution in [2.24, 2.45) is 16.7 Å². The molecule has 2 saturated carbocycles. The molecule has 3 fully saturated rings. The van der Waals surface area contributed by atoms with Crippen LogP contribution in [0.3, 0.4) is 0 Å². The summed E-state index contributed by atoms with van der Waals surface area (Å²) >= 11 is 0. The molecule has 62 heavy (non-hydrogen) atoms. The van der Waals surface area contributed by atoms with E-state index in [4.69, 9.17) is 23.7 Å². The molecular formula is C47H51NO14. The van der Waals surface area contributed by atoms with Crippen LogP contribution in [0.5, 0.6) is 0 Å². The Morgan fingerprint density at radius 1 is 0.823 bits per heavy atom. The van der Waals surface area contributed by atoms with Gasteiger partial charge in [0.1, 0.15) is 23.9 Å². The summed E-state index contributed by atoms with van der Waals surface area (Å²) in [5, 5.41) is 40.2. The van der Waals surface area contributed by atoms with Crippen LogP contribution >= 0.6 is 0 Å². The first kappa shape index (κ1) is 44.3. The third kappa shape index (κ3) is 7.29. The molecule has 1 aliphatic heterocycles. The van der Waals surface area contributed by atoms with Crippen LogP contribution < -0.4 is 5.32 Å². The third-order valence-electron chi connectivity index (χ3n) is 13.5. The van der Waals surface area contributed by atoms with E-state index in [1.807, 2.05) is 0 Å². The van der Waals surface area contributed by atoms with Crippen molar-refractivity contribution in [2.75, 3.05) is 6.61 Å². The Morgan fingerprint density at radius 2 is 1.40 bits per heavy atom. The van der Waals surface area contributed by atoms with Crippen LogP contribution in [0.2, 0.25) is 0 Å². The number of Topliss-reactive ketones (excluding diaryl/α,β-unsaturated/α-hetero) is 1. The van der Waals surface area contributed by atoms with Gasteiger partial charge in [-0.1, -0.05) is 80.6 Å². The van der Waals surface area contributed by atoms with E-state index in [1.165, 1.54) is 26.0 Å². The summed E-state index contributed by atoms with van der Waals surface area (Å²) in [5.41, 5.74) is -7.02. The van der Waals surface area contributed by atoms with Gasteiger partial charge in [0.05, 0.1) is 35.6 Å². The molecule has 1 heterocycles. The SMILES string of the molecule is CC(=O)O[C@@H]1C(=O)[C@@]2(C)[C@H](O)CC3OC[C@]3(OC(C)=O)[C@@H]2[C@@H](OC(=O)c2ccccc2)[C@@]2(O)C[C@@H](OC(=O)[C@H](O)[C@@H](NC(=O)c3ccccc3)c3ccccc3)C(C)=C1C2(C)C. The fourth-order valence-electron chi connectivity index (χ4n) is 10.2. The Kier molecular flexibility index (Phi) is 11.8. The second-order valence-electron chi connectivity index (χ2n) is 17.4. The maximum atomic E-state index is 15.5. The number of amides is 1. The van der Waals surface area contributed by atoms with Crippen LogP contribution in [0, 0.1) is 16.7 Å². The minimum atomic E-state index is -2.39. The predicted octanol–water partition coefficient (Wildman–Crippen LogP) is 3.74. The molecule has 0 aromatic heterocycles. The lowest BCUT2D eigenvalue weighted by molar-refractivity contribution is -0.346. The molecular weight excluding hydrogens is 803 g/mol. The highest BCUT2D eigenvalue weighted by Crippen LogP contribution is 2.64. The largest absolute Gasteiger partial charge is 0.456 e. The summed E-state index contributed by atoms with van der Waals surface area (Å²) in [6.45, 7) is 7.97.